The summed E-state index contributed by atoms with van der Waals surface area (Å²) in [6.07, 6.45) is 2.21. The van der Waals surface area contributed by atoms with Gasteiger partial charge in [0.05, 0.1) is 11.2 Å². The minimum Gasteiger partial charge on any atom is -0.317 e. The van der Waals surface area contributed by atoms with E-state index in [2.05, 4.69) is 62.0 Å². The van der Waals surface area contributed by atoms with Crippen LogP contribution in [0.15, 0.2) is 24.3 Å². The highest BCUT2D eigenvalue weighted by molar-refractivity contribution is 5.82. The van der Waals surface area contributed by atoms with Gasteiger partial charge in [0.15, 0.2) is 0 Å². The number of aromatic nitrogens is 2. The Bertz CT molecular complexity index is 554. The second kappa shape index (κ2) is 6.40. The predicted molar refractivity (Wildman–Crippen MR) is 86.1 cm³/mol. The molecule has 2 rings (SSSR count). The van der Waals surface area contributed by atoms with Gasteiger partial charge in [-0.1, -0.05) is 39.0 Å². The molecule has 0 atom stereocenters. The van der Waals surface area contributed by atoms with E-state index in [0.29, 0.717) is 0 Å². The van der Waals surface area contributed by atoms with Crippen molar-refractivity contribution in [1.82, 2.24) is 15.1 Å². The molecule has 110 valence electrons. The topological polar surface area (TPSA) is 29.9 Å². The van der Waals surface area contributed by atoms with Crippen molar-refractivity contribution in [3.8, 4) is 0 Å². The summed E-state index contributed by atoms with van der Waals surface area (Å²) < 4.78 is 2.12. The third-order valence-electron chi connectivity index (χ3n) is 3.91. The van der Waals surface area contributed by atoms with Gasteiger partial charge in [-0.25, -0.2) is 0 Å². The summed E-state index contributed by atoms with van der Waals surface area (Å²) in [6, 6.07) is 8.57. The summed E-state index contributed by atoms with van der Waals surface area (Å²) in [4.78, 5) is 0. The van der Waals surface area contributed by atoms with Crippen LogP contribution in [0, 0.1) is 5.41 Å². The number of hydrogen-bond donors (Lipinski definition) is 1. The summed E-state index contributed by atoms with van der Waals surface area (Å²) in [5.74, 6) is 0. The molecule has 0 fully saturated rings. The monoisotopic (exact) mass is 273 g/mol. The first kappa shape index (κ1) is 15.0. The summed E-state index contributed by atoms with van der Waals surface area (Å²) in [7, 11) is 0. The molecule has 0 aliphatic rings. The molecule has 20 heavy (non-hydrogen) atoms. The van der Waals surface area contributed by atoms with Crippen molar-refractivity contribution in [2.75, 3.05) is 13.1 Å². The maximum Gasteiger partial charge on any atom is 0.0708 e. The number of nitrogens with one attached hydrogen (secondary N) is 1. The number of para-hydroxylation sites is 1. The standard InChI is InChI=1S/C17H27N3/c1-5-18-12-11-17(3,4)13-15-14-9-7-8-10-16(14)20(6-2)19-15/h7-10,18H,5-6,11-13H2,1-4H3. The zero-order chi connectivity index (χ0) is 14.6. The molecule has 1 N–H and O–H groups in total. The fraction of sp³-hybridized carbons (Fsp3) is 0.588. The van der Waals surface area contributed by atoms with E-state index in [4.69, 9.17) is 5.10 Å². The third-order valence-corrected chi connectivity index (χ3v) is 3.91. The van der Waals surface area contributed by atoms with E-state index in [-0.39, 0.29) is 5.41 Å². The number of benzene rings is 1. The lowest BCUT2D eigenvalue weighted by Crippen LogP contribution is -2.24. The van der Waals surface area contributed by atoms with Crippen LogP contribution in [0.5, 0.6) is 0 Å². The second-order valence-corrected chi connectivity index (χ2v) is 6.22. The van der Waals surface area contributed by atoms with Gasteiger partial charge in [0, 0.05) is 11.9 Å². The Balaban J connectivity index is 2.20. The van der Waals surface area contributed by atoms with Gasteiger partial charge in [-0.15, -0.1) is 0 Å². The Morgan fingerprint density at radius 3 is 2.65 bits per heavy atom. The van der Waals surface area contributed by atoms with Crippen LogP contribution in [0.1, 0.15) is 39.8 Å². The van der Waals surface area contributed by atoms with E-state index < -0.39 is 0 Å². The molecular weight excluding hydrogens is 246 g/mol. The lowest BCUT2D eigenvalue weighted by atomic mass is 9.83. The summed E-state index contributed by atoms with van der Waals surface area (Å²) in [5.41, 5.74) is 2.77. The maximum absolute atomic E-state index is 4.82. The summed E-state index contributed by atoms with van der Waals surface area (Å²) in [5, 5.41) is 9.55. The van der Waals surface area contributed by atoms with Gasteiger partial charge in [-0.2, -0.15) is 5.10 Å². The fourth-order valence-corrected chi connectivity index (χ4v) is 2.71. The average Bonchev–Trinajstić information content (AvgIpc) is 2.77. The van der Waals surface area contributed by atoms with Crippen LogP contribution < -0.4 is 5.32 Å². The Kier molecular flexibility index (Phi) is 4.81. The molecule has 3 heteroatoms. The summed E-state index contributed by atoms with van der Waals surface area (Å²) in [6.45, 7) is 12.0. The number of nitrogens with zero attached hydrogens (tertiary/aromatic N) is 2. The Morgan fingerprint density at radius 1 is 1.20 bits per heavy atom. The van der Waals surface area contributed by atoms with E-state index in [1.807, 2.05) is 0 Å². The van der Waals surface area contributed by atoms with Crippen molar-refractivity contribution < 1.29 is 0 Å². The molecule has 0 saturated heterocycles. The Hall–Kier alpha value is -1.35. The highest BCUT2D eigenvalue weighted by atomic mass is 15.3. The van der Waals surface area contributed by atoms with Gasteiger partial charge in [-0.3, -0.25) is 4.68 Å². The first-order valence-electron chi connectivity index (χ1n) is 7.72. The first-order valence-corrected chi connectivity index (χ1v) is 7.72. The lowest BCUT2D eigenvalue weighted by Gasteiger charge is -2.23. The molecule has 0 spiro atoms. The second-order valence-electron chi connectivity index (χ2n) is 6.22. The quantitative estimate of drug-likeness (QED) is 0.781. The molecule has 0 unspecified atom stereocenters. The van der Waals surface area contributed by atoms with Gasteiger partial charge < -0.3 is 5.32 Å². The maximum atomic E-state index is 4.82. The molecule has 0 amide bonds. The number of hydrogen-bond acceptors (Lipinski definition) is 2. The fourth-order valence-electron chi connectivity index (χ4n) is 2.71. The van der Waals surface area contributed by atoms with Gasteiger partial charge >= 0.3 is 0 Å². The van der Waals surface area contributed by atoms with Crippen molar-refractivity contribution in [1.29, 1.82) is 0 Å². The van der Waals surface area contributed by atoms with Crippen molar-refractivity contribution >= 4 is 10.9 Å². The van der Waals surface area contributed by atoms with Crippen molar-refractivity contribution in [2.45, 2.75) is 47.1 Å². The van der Waals surface area contributed by atoms with Crippen LogP contribution in [-0.4, -0.2) is 22.9 Å². The van der Waals surface area contributed by atoms with Crippen LogP contribution in [0.4, 0.5) is 0 Å². The average molecular weight is 273 g/mol. The number of aryl methyl sites for hydroxylation is 1. The minimum absolute atomic E-state index is 0.276. The molecular formula is C17H27N3. The molecule has 0 aliphatic carbocycles. The minimum atomic E-state index is 0.276. The van der Waals surface area contributed by atoms with Gasteiger partial charge in [0.2, 0.25) is 0 Å². The molecule has 1 aromatic carbocycles. The van der Waals surface area contributed by atoms with Crippen molar-refractivity contribution in [3.63, 3.8) is 0 Å². The molecule has 0 bridgehead atoms. The first-order chi connectivity index (χ1) is 9.57. The van der Waals surface area contributed by atoms with E-state index in [1.54, 1.807) is 0 Å². The van der Waals surface area contributed by atoms with E-state index in [9.17, 15) is 0 Å². The molecule has 1 heterocycles. The lowest BCUT2D eigenvalue weighted by molar-refractivity contribution is 0.323. The van der Waals surface area contributed by atoms with Crippen LogP contribution in [0.2, 0.25) is 0 Å². The van der Waals surface area contributed by atoms with E-state index in [1.165, 1.54) is 23.0 Å². The number of rotatable bonds is 7. The third kappa shape index (κ3) is 3.40. The highest BCUT2D eigenvalue weighted by Crippen LogP contribution is 2.29. The molecule has 3 nitrogen and oxygen atoms in total. The van der Waals surface area contributed by atoms with Crippen LogP contribution >= 0.6 is 0 Å². The van der Waals surface area contributed by atoms with Crippen LogP contribution in [0.3, 0.4) is 0 Å². The Labute approximate surface area is 122 Å². The normalized spacial score (nSPS) is 12.2. The zero-order valence-corrected chi connectivity index (χ0v) is 13.2. The largest absolute Gasteiger partial charge is 0.317 e. The molecule has 0 aliphatic heterocycles. The molecule has 2 aromatic rings. The van der Waals surface area contributed by atoms with Crippen LogP contribution in [0.25, 0.3) is 10.9 Å². The summed E-state index contributed by atoms with van der Waals surface area (Å²) >= 11 is 0. The zero-order valence-electron chi connectivity index (χ0n) is 13.2. The molecule has 0 saturated carbocycles. The van der Waals surface area contributed by atoms with E-state index in [0.717, 1.165) is 26.1 Å². The van der Waals surface area contributed by atoms with Crippen LogP contribution in [-0.2, 0) is 13.0 Å². The predicted octanol–water partition coefficient (Wildman–Crippen LogP) is 3.62. The van der Waals surface area contributed by atoms with Crippen molar-refractivity contribution in [3.05, 3.63) is 30.0 Å². The highest BCUT2D eigenvalue weighted by Gasteiger charge is 2.21. The van der Waals surface area contributed by atoms with Gasteiger partial charge in [0.1, 0.15) is 0 Å². The number of fused-ring (bicyclic) bond motifs is 1. The van der Waals surface area contributed by atoms with Gasteiger partial charge in [-0.05, 0) is 44.3 Å². The smallest absolute Gasteiger partial charge is 0.0708 e. The van der Waals surface area contributed by atoms with Gasteiger partial charge in [0.25, 0.3) is 0 Å². The molecule has 0 radical (unpaired) electrons. The Morgan fingerprint density at radius 2 is 1.95 bits per heavy atom. The molecule has 1 aromatic heterocycles. The van der Waals surface area contributed by atoms with E-state index >= 15 is 0 Å². The van der Waals surface area contributed by atoms with Crippen molar-refractivity contribution in [2.24, 2.45) is 5.41 Å². The SMILES string of the molecule is CCNCCC(C)(C)Cc1nn(CC)c2ccccc12.